The fourth-order valence-electron chi connectivity index (χ4n) is 0.933. The van der Waals surface area contributed by atoms with Crippen molar-refractivity contribution < 1.29 is 4.74 Å². The maximum absolute atomic E-state index is 5.25. The van der Waals surface area contributed by atoms with Crippen molar-refractivity contribution in [2.24, 2.45) is 0 Å². The van der Waals surface area contributed by atoms with Gasteiger partial charge in [0, 0.05) is 11.6 Å². The van der Waals surface area contributed by atoms with E-state index in [0.717, 1.165) is 11.3 Å². The molecule has 0 unspecified atom stereocenters. The minimum Gasteiger partial charge on any atom is -0.488 e. The molecule has 0 saturated carbocycles. The molecule has 0 atom stereocenters. The normalized spacial score (nSPS) is 14.0. The SMILES string of the molecule is [c]1cc[c]c2c1C=CCO2. The van der Waals surface area contributed by atoms with E-state index in [1.54, 1.807) is 6.07 Å². The van der Waals surface area contributed by atoms with Gasteiger partial charge in [-0.15, -0.1) is 0 Å². The molecular formula is C9H6O. The van der Waals surface area contributed by atoms with E-state index < -0.39 is 0 Å². The van der Waals surface area contributed by atoms with Gasteiger partial charge >= 0.3 is 0 Å². The first-order valence-electron chi connectivity index (χ1n) is 3.18. The fraction of sp³-hybridized carbons (Fsp3) is 0.111. The summed E-state index contributed by atoms with van der Waals surface area (Å²) in [4.78, 5) is 0. The molecule has 1 nitrogen and oxygen atoms in total. The monoisotopic (exact) mass is 130 g/mol. The smallest absolute Gasteiger partial charge is 0.135 e. The van der Waals surface area contributed by atoms with Crippen LogP contribution < -0.4 is 4.74 Å². The molecule has 1 aromatic rings. The van der Waals surface area contributed by atoms with Crippen LogP contribution in [0.15, 0.2) is 18.2 Å². The van der Waals surface area contributed by atoms with Crippen molar-refractivity contribution in [3.63, 3.8) is 0 Å². The van der Waals surface area contributed by atoms with Crippen LogP contribution in [0, 0.1) is 12.1 Å². The molecule has 0 aromatic heterocycles. The standard InChI is InChI=1S/C9H6O/c1-2-6-9-8(4-1)5-3-7-10-9/h1-3,5H,7H2. The molecule has 2 radical (unpaired) electrons. The number of hydrogen-bond acceptors (Lipinski definition) is 1. The van der Waals surface area contributed by atoms with Gasteiger partial charge in [-0.1, -0.05) is 12.1 Å². The van der Waals surface area contributed by atoms with Crippen molar-refractivity contribution in [3.8, 4) is 5.75 Å². The summed E-state index contributed by atoms with van der Waals surface area (Å²) in [7, 11) is 0. The molecule has 10 heavy (non-hydrogen) atoms. The first-order chi connectivity index (χ1) is 4.97. The van der Waals surface area contributed by atoms with Gasteiger partial charge in [-0.2, -0.15) is 0 Å². The Balaban J connectivity index is 2.54. The second-order valence-corrected chi connectivity index (χ2v) is 2.08. The van der Waals surface area contributed by atoms with Crippen molar-refractivity contribution in [2.45, 2.75) is 0 Å². The van der Waals surface area contributed by atoms with E-state index in [4.69, 9.17) is 4.74 Å². The second-order valence-electron chi connectivity index (χ2n) is 2.08. The van der Waals surface area contributed by atoms with Crippen LogP contribution in [0.2, 0.25) is 0 Å². The molecule has 0 saturated heterocycles. The highest BCUT2D eigenvalue weighted by molar-refractivity contribution is 5.57. The maximum Gasteiger partial charge on any atom is 0.135 e. The number of ether oxygens (including phenoxy) is 1. The Labute approximate surface area is 59.9 Å². The van der Waals surface area contributed by atoms with Gasteiger partial charge in [-0.25, -0.2) is 0 Å². The topological polar surface area (TPSA) is 9.23 Å². The third kappa shape index (κ3) is 0.798. The highest BCUT2D eigenvalue weighted by Crippen LogP contribution is 2.20. The number of hydrogen-bond donors (Lipinski definition) is 0. The lowest BCUT2D eigenvalue weighted by Gasteiger charge is -2.09. The average Bonchev–Trinajstić information content (AvgIpc) is 2.05. The van der Waals surface area contributed by atoms with Gasteiger partial charge in [0.2, 0.25) is 0 Å². The summed E-state index contributed by atoms with van der Waals surface area (Å²) in [6.07, 6.45) is 3.96. The van der Waals surface area contributed by atoms with E-state index in [1.165, 1.54) is 0 Å². The van der Waals surface area contributed by atoms with Crippen molar-refractivity contribution in [1.29, 1.82) is 0 Å². The van der Waals surface area contributed by atoms with Crippen molar-refractivity contribution in [1.82, 2.24) is 0 Å². The highest BCUT2D eigenvalue weighted by atomic mass is 16.5. The lowest BCUT2D eigenvalue weighted by molar-refractivity contribution is 0.357. The van der Waals surface area contributed by atoms with Gasteiger partial charge in [-0.05, 0) is 18.2 Å². The number of fused-ring (bicyclic) bond motifs is 1. The molecule has 0 spiro atoms. The van der Waals surface area contributed by atoms with Gasteiger partial charge in [0.15, 0.2) is 0 Å². The molecule has 0 fully saturated rings. The molecule has 1 aliphatic rings. The number of benzene rings is 1. The minimum absolute atomic E-state index is 0.654. The summed E-state index contributed by atoms with van der Waals surface area (Å²) in [6, 6.07) is 9.66. The molecule has 0 amide bonds. The third-order valence-corrected chi connectivity index (χ3v) is 1.39. The summed E-state index contributed by atoms with van der Waals surface area (Å²) in [5.74, 6) is 0.810. The second kappa shape index (κ2) is 2.18. The Morgan fingerprint density at radius 3 is 3.10 bits per heavy atom. The average molecular weight is 130 g/mol. The lowest BCUT2D eigenvalue weighted by Crippen LogP contribution is -1.99. The van der Waals surface area contributed by atoms with Crippen LogP contribution >= 0.6 is 0 Å². The van der Waals surface area contributed by atoms with Crippen LogP contribution in [0.4, 0.5) is 0 Å². The molecule has 0 aliphatic carbocycles. The van der Waals surface area contributed by atoms with Gasteiger partial charge < -0.3 is 4.74 Å². The maximum atomic E-state index is 5.25. The molecule has 1 heterocycles. The summed E-state index contributed by atoms with van der Waals surface area (Å²) in [6.45, 7) is 0.654. The van der Waals surface area contributed by atoms with E-state index in [1.807, 2.05) is 18.2 Å². The van der Waals surface area contributed by atoms with Gasteiger partial charge in [0.25, 0.3) is 0 Å². The van der Waals surface area contributed by atoms with Gasteiger partial charge in [0.05, 0.1) is 0 Å². The number of rotatable bonds is 0. The Bertz CT molecular complexity index is 263. The molecule has 1 aliphatic heterocycles. The summed E-state index contributed by atoms with van der Waals surface area (Å²) in [5, 5.41) is 0. The first kappa shape index (κ1) is 5.54. The van der Waals surface area contributed by atoms with Crippen LogP contribution in [0.5, 0.6) is 5.75 Å². The van der Waals surface area contributed by atoms with E-state index in [0.29, 0.717) is 6.61 Å². The van der Waals surface area contributed by atoms with Crippen molar-refractivity contribution in [3.05, 3.63) is 35.9 Å². The zero-order chi connectivity index (χ0) is 6.81. The summed E-state index contributed by atoms with van der Waals surface area (Å²) < 4.78 is 5.25. The zero-order valence-corrected chi connectivity index (χ0v) is 5.42. The minimum atomic E-state index is 0.654. The quantitative estimate of drug-likeness (QED) is 0.519. The van der Waals surface area contributed by atoms with E-state index in [2.05, 4.69) is 12.1 Å². The Kier molecular flexibility index (Phi) is 1.21. The summed E-state index contributed by atoms with van der Waals surface area (Å²) >= 11 is 0. The molecule has 1 aromatic carbocycles. The molecule has 0 N–H and O–H groups in total. The van der Waals surface area contributed by atoms with Crippen LogP contribution in [-0.4, -0.2) is 6.61 Å². The summed E-state index contributed by atoms with van der Waals surface area (Å²) in [5.41, 5.74) is 0.994. The Morgan fingerprint density at radius 1 is 1.30 bits per heavy atom. The predicted octanol–water partition coefficient (Wildman–Crippen LogP) is 1.69. The Morgan fingerprint density at radius 2 is 2.20 bits per heavy atom. The van der Waals surface area contributed by atoms with Crippen LogP contribution in [0.3, 0.4) is 0 Å². The fourth-order valence-corrected chi connectivity index (χ4v) is 0.933. The van der Waals surface area contributed by atoms with E-state index in [9.17, 15) is 0 Å². The zero-order valence-electron chi connectivity index (χ0n) is 5.42. The van der Waals surface area contributed by atoms with Crippen LogP contribution in [-0.2, 0) is 0 Å². The van der Waals surface area contributed by atoms with Crippen LogP contribution in [0.25, 0.3) is 6.08 Å². The first-order valence-corrected chi connectivity index (χ1v) is 3.18. The van der Waals surface area contributed by atoms with Crippen LogP contribution in [0.1, 0.15) is 5.56 Å². The third-order valence-electron chi connectivity index (χ3n) is 1.39. The predicted molar refractivity (Wildman–Crippen MR) is 38.6 cm³/mol. The molecule has 2 rings (SSSR count). The van der Waals surface area contributed by atoms with E-state index in [-0.39, 0.29) is 0 Å². The van der Waals surface area contributed by atoms with Gasteiger partial charge in [-0.3, -0.25) is 0 Å². The van der Waals surface area contributed by atoms with Gasteiger partial charge in [0.1, 0.15) is 12.4 Å². The Hall–Kier alpha value is -1.24. The molecule has 0 bridgehead atoms. The van der Waals surface area contributed by atoms with Crippen molar-refractivity contribution >= 4 is 6.08 Å². The highest BCUT2D eigenvalue weighted by Gasteiger charge is 2.02. The lowest BCUT2D eigenvalue weighted by atomic mass is 10.1. The molecule has 1 heteroatoms. The molecule has 48 valence electrons. The van der Waals surface area contributed by atoms with Crippen molar-refractivity contribution in [2.75, 3.05) is 6.61 Å². The largest absolute Gasteiger partial charge is 0.488 e. The molecular weight excluding hydrogens is 124 g/mol. The van der Waals surface area contributed by atoms with E-state index >= 15 is 0 Å².